The number of nitrogens with one attached hydrogen (secondary N) is 1. The van der Waals surface area contributed by atoms with Gasteiger partial charge in [0.2, 0.25) is 0 Å². The highest BCUT2D eigenvalue weighted by Crippen LogP contribution is 2.39. The van der Waals surface area contributed by atoms with E-state index >= 15 is 0 Å². The van der Waals surface area contributed by atoms with Gasteiger partial charge in [0.15, 0.2) is 5.13 Å². The molecule has 1 fully saturated rings. The lowest BCUT2D eigenvalue weighted by molar-refractivity contribution is 0.102. The number of methoxy groups -OCH3 is 1. The van der Waals surface area contributed by atoms with Crippen LogP contribution >= 0.6 is 11.3 Å². The SMILES string of the molecule is CCN(CC)Cc1cc(C(=O)Nc2nc3c(OC)ccc(N4CCOCC4)c3s2)ccn1. The normalized spacial score (nSPS) is 14.2. The van der Waals surface area contributed by atoms with Gasteiger partial charge in [-0.05, 0) is 37.4 Å². The molecule has 0 saturated carbocycles. The Hall–Kier alpha value is -2.75. The average molecular weight is 456 g/mol. The molecule has 1 aliphatic heterocycles. The number of hydrogen-bond donors (Lipinski definition) is 1. The largest absolute Gasteiger partial charge is 0.494 e. The van der Waals surface area contributed by atoms with Gasteiger partial charge in [0.05, 0.1) is 36.4 Å². The van der Waals surface area contributed by atoms with E-state index in [1.54, 1.807) is 19.4 Å². The topological polar surface area (TPSA) is 79.8 Å². The van der Waals surface area contributed by atoms with Gasteiger partial charge in [-0.1, -0.05) is 25.2 Å². The summed E-state index contributed by atoms with van der Waals surface area (Å²) in [4.78, 5) is 26.6. The molecular weight excluding hydrogens is 426 g/mol. The van der Waals surface area contributed by atoms with Gasteiger partial charge in [0, 0.05) is 31.4 Å². The number of carbonyl (C=O) groups excluding carboxylic acids is 1. The van der Waals surface area contributed by atoms with E-state index in [0.717, 1.165) is 54.3 Å². The molecule has 4 rings (SSSR count). The lowest BCUT2D eigenvalue weighted by Gasteiger charge is -2.29. The molecule has 2 aromatic heterocycles. The minimum Gasteiger partial charge on any atom is -0.494 e. The Morgan fingerprint density at radius 2 is 2.03 bits per heavy atom. The number of hydrogen-bond acceptors (Lipinski definition) is 8. The number of nitrogens with zero attached hydrogens (tertiary/aromatic N) is 4. The average Bonchev–Trinajstić information content (AvgIpc) is 3.26. The molecule has 1 saturated heterocycles. The lowest BCUT2D eigenvalue weighted by atomic mass is 10.2. The highest BCUT2D eigenvalue weighted by molar-refractivity contribution is 7.23. The summed E-state index contributed by atoms with van der Waals surface area (Å²) in [5.41, 5.74) is 3.30. The number of anilines is 2. The summed E-state index contributed by atoms with van der Waals surface area (Å²) in [7, 11) is 1.63. The first-order chi connectivity index (χ1) is 15.6. The summed E-state index contributed by atoms with van der Waals surface area (Å²) in [6.45, 7) is 9.89. The van der Waals surface area contributed by atoms with E-state index in [-0.39, 0.29) is 5.91 Å². The molecule has 1 N–H and O–H groups in total. The zero-order valence-electron chi connectivity index (χ0n) is 18.8. The fourth-order valence-electron chi connectivity index (χ4n) is 3.79. The Morgan fingerprint density at radius 1 is 1.25 bits per heavy atom. The number of fused-ring (bicyclic) bond motifs is 1. The fraction of sp³-hybridized carbons (Fsp3) is 0.435. The second-order valence-corrected chi connectivity index (χ2v) is 8.53. The standard InChI is InChI=1S/C23H29N5O3S/c1-4-27(5-2)15-17-14-16(8-9-24-17)22(29)26-23-25-20-19(30-3)7-6-18(21(20)32-23)28-10-12-31-13-11-28/h6-9,14H,4-5,10-13,15H2,1-3H3,(H,25,26,29). The van der Waals surface area contributed by atoms with Crippen molar-refractivity contribution in [3.8, 4) is 5.75 Å². The van der Waals surface area contributed by atoms with Crippen molar-refractivity contribution >= 4 is 38.3 Å². The van der Waals surface area contributed by atoms with Gasteiger partial charge >= 0.3 is 0 Å². The number of carbonyl (C=O) groups is 1. The molecular formula is C23H29N5O3S. The molecule has 3 aromatic rings. The highest BCUT2D eigenvalue weighted by atomic mass is 32.1. The van der Waals surface area contributed by atoms with Crippen molar-refractivity contribution in [2.45, 2.75) is 20.4 Å². The summed E-state index contributed by atoms with van der Waals surface area (Å²) in [5.74, 6) is 0.498. The van der Waals surface area contributed by atoms with Crippen molar-refractivity contribution in [2.75, 3.05) is 56.7 Å². The first-order valence-corrected chi connectivity index (χ1v) is 11.7. The Bertz CT molecular complexity index is 1080. The molecule has 1 aromatic carbocycles. The number of pyridine rings is 1. The summed E-state index contributed by atoms with van der Waals surface area (Å²) in [6, 6.07) is 7.56. The van der Waals surface area contributed by atoms with Crippen LogP contribution in [-0.4, -0.2) is 67.3 Å². The van der Waals surface area contributed by atoms with Crippen LogP contribution in [0, 0.1) is 0 Å². The van der Waals surface area contributed by atoms with E-state index in [2.05, 4.69) is 45.0 Å². The number of benzene rings is 1. The highest BCUT2D eigenvalue weighted by Gasteiger charge is 2.20. The van der Waals surface area contributed by atoms with Crippen LogP contribution in [0.4, 0.5) is 10.8 Å². The number of ether oxygens (including phenoxy) is 2. The zero-order chi connectivity index (χ0) is 22.5. The minimum absolute atomic E-state index is 0.195. The molecule has 9 heteroatoms. The van der Waals surface area contributed by atoms with Crippen LogP contribution in [0.5, 0.6) is 5.75 Å². The first kappa shape index (κ1) is 22.4. The predicted molar refractivity (Wildman–Crippen MR) is 128 cm³/mol. The van der Waals surface area contributed by atoms with E-state index in [9.17, 15) is 4.79 Å². The quantitative estimate of drug-likeness (QED) is 0.556. The molecule has 0 spiro atoms. The Balaban J connectivity index is 1.58. The van der Waals surface area contributed by atoms with E-state index in [1.165, 1.54) is 11.3 Å². The molecule has 0 radical (unpaired) electrons. The number of morpholine rings is 1. The van der Waals surface area contributed by atoms with E-state index in [4.69, 9.17) is 9.47 Å². The second kappa shape index (κ2) is 10.2. The maximum absolute atomic E-state index is 13.0. The molecule has 1 aliphatic rings. The molecule has 3 heterocycles. The molecule has 0 unspecified atom stereocenters. The summed E-state index contributed by atoms with van der Waals surface area (Å²) < 4.78 is 12.0. The number of amides is 1. The van der Waals surface area contributed by atoms with E-state index in [0.29, 0.717) is 29.7 Å². The minimum atomic E-state index is -0.195. The molecule has 1 amide bonds. The van der Waals surface area contributed by atoms with Gasteiger partial charge in [-0.3, -0.25) is 20.0 Å². The van der Waals surface area contributed by atoms with Crippen LogP contribution in [0.3, 0.4) is 0 Å². The predicted octanol–water partition coefficient (Wildman–Crippen LogP) is 3.63. The van der Waals surface area contributed by atoms with Gasteiger partial charge in [-0.2, -0.15) is 0 Å². The number of aromatic nitrogens is 2. The number of rotatable bonds is 8. The Morgan fingerprint density at radius 3 is 2.75 bits per heavy atom. The first-order valence-electron chi connectivity index (χ1n) is 10.9. The van der Waals surface area contributed by atoms with Crippen LogP contribution in [0.2, 0.25) is 0 Å². The third-order valence-corrected chi connectivity index (χ3v) is 6.63. The van der Waals surface area contributed by atoms with Crippen molar-refractivity contribution in [1.82, 2.24) is 14.9 Å². The van der Waals surface area contributed by atoms with E-state index in [1.807, 2.05) is 12.1 Å². The Kier molecular flexibility index (Phi) is 7.19. The van der Waals surface area contributed by atoms with Gasteiger partial charge in [0.1, 0.15) is 11.3 Å². The fourth-order valence-corrected chi connectivity index (χ4v) is 4.81. The van der Waals surface area contributed by atoms with Crippen molar-refractivity contribution in [3.63, 3.8) is 0 Å². The van der Waals surface area contributed by atoms with Crippen LogP contribution in [0.25, 0.3) is 10.2 Å². The zero-order valence-corrected chi connectivity index (χ0v) is 19.6. The molecule has 0 aliphatic carbocycles. The van der Waals surface area contributed by atoms with Crippen LogP contribution in [-0.2, 0) is 11.3 Å². The smallest absolute Gasteiger partial charge is 0.257 e. The summed E-state index contributed by atoms with van der Waals surface area (Å²) in [5, 5.41) is 3.51. The molecule has 170 valence electrons. The molecule has 8 nitrogen and oxygen atoms in total. The van der Waals surface area contributed by atoms with Crippen LogP contribution in [0.1, 0.15) is 29.9 Å². The molecule has 0 atom stereocenters. The monoisotopic (exact) mass is 455 g/mol. The molecule has 32 heavy (non-hydrogen) atoms. The van der Waals surface area contributed by atoms with Gasteiger partial charge in [0.25, 0.3) is 5.91 Å². The third-order valence-electron chi connectivity index (χ3n) is 5.64. The maximum atomic E-state index is 13.0. The van der Waals surface area contributed by atoms with Crippen LogP contribution in [0.15, 0.2) is 30.5 Å². The second-order valence-electron chi connectivity index (χ2n) is 7.53. The van der Waals surface area contributed by atoms with E-state index < -0.39 is 0 Å². The van der Waals surface area contributed by atoms with Gasteiger partial charge in [-0.25, -0.2) is 4.98 Å². The van der Waals surface area contributed by atoms with Crippen molar-refractivity contribution in [3.05, 3.63) is 41.7 Å². The number of thiazole rings is 1. The summed E-state index contributed by atoms with van der Waals surface area (Å²) >= 11 is 1.46. The van der Waals surface area contributed by atoms with Crippen molar-refractivity contribution in [1.29, 1.82) is 0 Å². The maximum Gasteiger partial charge on any atom is 0.257 e. The molecule has 0 bridgehead atoms. The van der Waals surface area contributed by atoms with Crippen molar-refractivity contribution in [2.24, 2.45) is 0 Å². The Labute approximate surface area is 192 Å². The van der Waals surface area contributed by atoms with Crippen molar-refractivity contribution < 1.29 is 14.3 Å². The third kappa shape index (κ3) is 4.85. The lowest BCUT2D eigenvalue weighted by Crippen LogP contribution is -2.36. The van der Waals surface area contributed by atoms with Crippen LogP contribution < -0.4 is 15.0 Å². The van der Waals surface area contributed by atoms with Gasteiger partial charge in [-0.15, -0.1) is 0 Å². The van der Waals surface area contributed by atoms with Gasteiger partial charge < -0.3 is 14.4 Å². The summed E-state index contributed by atoms with van der Waals surface area (Å²) in [6.07, 6.45) is 1.69.